The first kappa shape index (κ1) is 22.8. The highest BCUT2D eigenvalue weighted by molar-refractivity contribution is 8.14. The van der Waals surface area contributed by atoms with Gasteiger partial charge in [0, 0.05) is 5.25 Å². The molecule has 0 saturated carbocycles. The van der Waals surface area contributed by atoms with E-state index in [0.717, 1.165) is 32.1 Å². The summed E-state index contributed by atoms with van der Waals surface area (Å²) in [5.74, 6) is 0. The maximum Gasteiger partial charge on any atom is 0.277 e. The monoisotopic (exact) mass is 349 g/mol. The molecular weight excluding hydrogens is 314 g/mol. The molecule has 0 saturated heterocycles. The molecule has 2 N–H and O–H groups in total. The summed E-state index contributed by atoms with van der Waals surface area (Å²) in [4.78, 5) is 11.3. The van der Waals surface area contributed by atoms with Crippen LogP contribution in [0.4, 0.5) is 4.79 Å². The van der Waals surface area contributed by atoms with Crippen molar-refractivity contribution in [3.05, 3.63) is 46.6 Å². The summed E-state index contributed by atoms with van der Waals surface area (Å²) in [5.41, 5.74) is 10.8. The van der Waals surface area contributed by atoms with Crippen molar-refractivity contribution in [3.63, 3.8) is 0 Å². The second-order valence-corrected chi connectivity index (χ2v) is 8.16. The van der Waals surface area contributed by atoms with Gasteiger partial charge in [-0.25, -0.2) is 0 Å². The molecule has 0 spiro atoms. The normalized spacial score (nSPS) is 13.4. The summed E-state index contributed by atoms with van der Waals surface area (Å²) in [6.07, 6.45) is 14.1. The van der Waals surface area contributed by atoms with Crippen LogP contribution in [-0.2, 0) is 0 Å². The maximum atomic E-state index is 11.3. The van der Waals surface area contributed by atoms with Crippen LogP contribution >= 0.6 is 11.8 Å². The zero-order valence-corrected chi connectivity index (χ0v) is 17.1. The summed E-state index contributed by atoms with van der Waals surface area (Å²) >= 11 is 1.23. The van der Waals surface area contributed by atoms with Crippen molar-refractivity contribution in [3.8, 4) is 0 Å². The van der Waals surface area contributed by atoms with Crippen LogP contribution in [0.1, 0.15) is 73.6 Å². The Morgan fingerprint density at radius 1 is 0.875 bits per heavy atom. The Morgan fingerprint density at radius 3 is 1.83 bits per heavy atom. The van der Waals surface area contributed by atoms with E-state index in [2.05, 4.69) is 65.8 Å². The van der Waals surface area contributed by atoms with Gasteiger partial charge in [0.1, 0.15) is 0 Å². The first-order valence-electron chi connectivity index (χ1n) is 8.76. The highest BCUT2D eigenvalue weighted by atomic mass is 32.2. The fraction of sp³-hybridized carbons (Fsp3) is 0.571. The standard InChI is InChI=1S/C21H35NOS/c1-16(2)9-7-11-18(5)13-14-20(24-21(22)23)15-19(6)12-8-10-17(3)4/h9-10,13,15,20H,7-8,11-12,14H2,1-6H3,(H2,22,23)/b18-13+,19-15+. The predicted octanol–water partition coefficient (Wildman–Crippen LogP) is 6.94. The zero-order chi connectivity index (χ0) is 18.5. The van der Waals surface area contributed by atoms with E-state index in [1.807, 2.05) is 0 Å². The van der Waals surface area contributed by atoms with E-state index in [-0.39, 0.29) is 10.5 Å². The lowest BCUT2D eigenvalue weighted by Crippen LogP contribution is -2.10. The third-order valence-electron chi connectivity index (χ3n) is 3.62. The molecule has 0 aromatic carbocycles. The molecule has 1 amide bonds. The van der Waals surface area contributed by atoms with Gasteiger partial charge in [-0.05, 0) is 73.6 Å². The predicted molar refractivity (Wildman–Crippen MR) is 110 cm³/mol. The zero-order valence-electron chi connectivity index (χ0n) is 16.3. The molecule has 0 rings (SSSR count). The van der Waals surface area contributed by atoms with Gasteiger partial charge >= 0.3 is 0 Å². The molecular formula is C21H35NOS. The number of carbonyl (C=O) groups excluding carboxylic acids is 1. The highest BCUT2D eigenvalue weighted by Crippen LogP contribution is 2.21. The number of nitrogens with two attached hydrogens (primary N) is 1. The third kappa shape index (κ3) is 14.4. The summed E-state index contributed by atoms with van der Waals surface area (Å²) in [6.45, 7) is 12.8. The molecule has 0 aliphatic carbocycles. The molecule has 0 aliphatic rings. The van der Waals surface area contributed by atoms with Gasteiger partial charge < -0.3 is 5.73 Å². The molecule has 2 nitrogen and oxygen atoms in total. The van der Waals surface area contributed by atoms with Gasteiger partial charge in [0.2, 0.25) is 0 Å². The van der Waals surface area contributed by atoms with Gasteiger partial charge in [-0.15, -0.1) is 0 Å². The summed E-state index contributed by atoms with van der Waals surface area (Å²) in [5, 5.41) is -0.170. The molecule has 0 aliphatic heterocycles. The molecule has 0 heterocycles. The number of hydrogen-bond acceptors (Lipinski definition) is 2. The van der Waals surface area contributed by atoms with Gasteiger partial charge in [-0.3, -0.25) is 4.79 Å². The first-order valence-corrected chi connectivity index (χ1v) is 9.64. The molecule has 0 fully saturated rings. The minimum atomic E-state index is -0.302. The van der Waals surface area contributed by atoms with Gasteiger partial charge in [0.05, 0.1) is 0 Å². The maximum absolute atomic E-state index is 11.3. The fourth-order valence-corrected chi connectivity index (χ4v) is 3.09. The van der Waals surface area contributed by atoms with E-state index in [1.165, 1.54) is 34.1 Å². The van der Waals surface area contributed by atoms with E-state index < -0.39 is 0 Å². The summed E-state index contributed by atoms with van der Waals surface area (Å²) in [7, 11) is 0. The van der Waals surface area contributed by atoms with E-state index in [4.69, 9.17) is 5.73 Å². The molecule has 136 valence electrons. The average Bonchev–Trinajstić information content (AvgIpc) is 2.43. The van der Waals surface area contributed by atoms with Crippen molar-refractivity contribution in [1.82, 2.24) is 0 Å². The largest absolute Gasteiger partial charge is 0.361 e. The van der Waals surface area contributed by atoms with Crippen molar-refractivity contribution in [2.75, 3.05) is 0 Å². The minimum absolute atomic E-state index is 0.132. The first-order chi connectivity index (χ1) is 11.2. The molecule has 3 heteroatoms. The van der Waals surface area contributed by atoms with E-state index in [9.17, 15) is 4.79 Å². The molecule has 0 aromatic rings. The lowest BCUT2D eigenvalue weighted by Gasteiger charge is -2.10. The van der Waals surface area contributed by atoms with Crippen LogP contribution in [0.3, 0.4) is 0 Å². The van der Waals surface area contributed by atoms with Crippen LogP contribution in [0.2, 0.25) is 0 Å². The van der Waals surface area contributed by atoms with Crippen molar-refractivity contribution in [1.29, 1.82) is 0 Å². The summed E-state index contributed by atoms with van der Waals surface area (Å²) in [6, 6.07) is 0. The fourth-order valence-electron chi connectivity index (χ4n) is 2.30. The quantitative estimate of drug-likeness (QED) is 0.434. The number of primary amides is 1. The number of hydrogen-bond donors (Lipinski definition) is 1. The Kier molecular flexibility index (Phi) is 12.4. The minimum Gasteiger partial charge on any atom is -0.361 e. The van der Waals surface area contributed by atoms with E-state index in [0.29, 0.717) is 0 Å². The van der Waals surface area contributed by atoms with Crippen molar-refractivity contribution < 1.29 is 4.79 Å². The molecule has 24 heavy (non-hydrogen) atoms. The van der Waals surface area contributed by atoms with Gasteiger partial charge in [0.15, 0.2) is 0 Å². The van der Waals surface area contributed by atoms with Crippen LogP contribution in [0, 0.1) is 0 Å². The van der Waals surface area contributed by atoms with Gasteiger partial charge in [-0.1, -0.05) is 58.4 Å². The third-order valence-corrected chi connectivity index (χ3v) is 4.48. The van der Waals surface area contributed by atoms with Crippen LogP contribution in [0.15, 0.2) is 46.6 Å². The number of thioether (sulfide) groups is 1. The molecule has 0 radical (unpaired) electrons. The Balaban J connectivity index is 4.67. The Labute approximate surface area is 153 Å². The summed E-state index contributed by atoms with van der Waals surface area (Å²) < 4.78 is 0. The van der Waals surface area contributed by atoms with E-state index in [1.54, 1.807) is 0 Å². The van der Waals surface area contributed by atoms with Crippen molar-refractivity contribution in [2.24, 2.45) is 5.73 Å². The van der Waals surface area contributed by atoms with Crippen molar-refractivity contribution in [2.45, 2.75) is 78.9 Å². The number of carbonyl (C=O) groups is 1. The highest BCUT2D eigenvalue weighted by Gasteiger charge is 2.09. The van der Waals surface area contributed by atoms with Crippen LogP contribution in [0.25, 0.3) is 0 Å². The molecule has 0 aromatic heterocycles. The second-order valence-electron chi connectivity index (χ2n) is 6.91. The second kappa shape index (κ2) is 13.1. The molecule has 0 bridgehead atoms. The average molecular weight is 350 g/mol. The van der Waals surface area contributed by atoms with Gasteiger partial charge in [-0.2, -0.15) is 0 Å². The Morgan fingerprint density at radius 2 is 1.38 bits per heavy atom. The van der Waals surface area contributed by atoms with Gasteiger partial charge in [0.25, 0.3) is 5.24 Å². The van der Waals surface area contributed by atoms with E-state index >= 15 is 0 Å². The smallest absolute Gasteiger partial charge is 0.277 e. The lowest BCUT2D eigenvalue weighted by molar-refractivity contribution is 0.267. The van der Waals surface area contributed by atoms with Crippen LogP contribution < -0.4 is 5.73 Å². The van der Waals surface area contributed by atoms with Crippen LogP contribution in [-0.4, -0.2) is 10.5 Å². The Hall–Kier alpha value is -1.22. The number of rotatable bonds is 10. The lowest BCUT2D eigenvalue weighted by atomic mass is 10.1. The molecule has 1 unspecified atom stereocenters. The molecule has 1 atom stereocenters. The number of allylic oxidation sites excluding steroid dienone is 7. The number of amides is 1. The topological polar surface area (TPSA) is 43.1 Å². The Bertz CT molecular complexity index is 504. The SMILES string of the molecule is CC(C)=CCC/C(C)=C/CC(/C=C(\C)CCC=C(C)C)SC(N)=O. The van der Waals surface area contributed by atoms with Crippen molar-refractivity contribution >= 4 is 17.0 Å². The van der Waals surface area contributed by atoms with Crippen LogP contribution in [0.5, 0.6) is 0 Å².